The van der Waals surface area contributed by atoms with Gasteiger partial charge >= 0.3 is 0 Å². The van der Waals surface area contributed by atoms with Crippen LogP contribution >= 0.6 is 0 Å². The van der Waals surface area contributed by atoms with Gasteiger partial charge in [-0.3, -0.25) is 0 Å². The number of nitrogens with one attached hydrogen (secondary N) is 1. The molecule has 0 radical (unpaired) electrons. The molecule has 1 aliphatic carbocycles. The largest absolute Gasteiger partial charge is 0.384 e. The molecular formula is C14H21NO. The summed E-state index contributed by atoms with van der Waals surface area (Å²) >= 11 is 0. The summed E-state index contributed by atoms with van der Waals surface area (Å²) in [5, 5.41) is 3.22. The highest BCUT2D eigenvalue weighted by molar-refractivity contribution is 5.39. The quantitative estimate of drug-likeness (QED) is 0.791. The van der Waals surface area contributed by atoms with Gasteiger partial charge in [0.05, 0.1) is 6.61 Å². The van der Waals surface area contributed by atoms with E-state index in [1.807, 2.05) is 7.05 Å². The van der Waals surface area contributed by atoms with Crippen LogP contribution in [0.2, 0.25) is 0 Å². The van der Waals surface area contributed by atoms with E-state index in [1.54, 1.807) is 7.11 Å². The number of benzene rings is 1. The molecule has 0 unspecified atom stereocenters. The summed E-state index contributed by atoms with van der Waals surface area (Å²) in [4.78, 5) is 0. The van der Waals surface area contributed by atoms with Crippen LogP contribution in [-0.4, -0.2) is 27.3 Å². The van der Waals surface area contributed by atoms with E-state index in [0.29, 0.717) is 5.41 Å². The number of methoxy groups -OCH3 is 1. The predicted molar refractivity (Wildman–Crippen MR) is 66.9 cm³/mol. The van der Waals surface area contributed by atoms with Crippen LogP contribution in [0.3, 0.4) is 0 Å². The summed E-state index contributed by atoms with van der Waals surface area (Å²) in [5.74, 6) is 0. The molecule has 0 aromatic heterocycles. The second-order valence-corrected chi connectivity index (χ2v) is 4.72. The van der Waals surface area contributed by atoms with Gasteiger partial charge in [0.2, 0.25) is 0 Å². The lowest BCUT2D eigenvalue weighted by molar-refractivity contribution is 0.171. The van der Waals surface area contributed by atoms with Crippen molar-refractivity contribution in [2.24, 2.45) is 0 Å². The molecule has 1 saturated carbocycles. The van der Waals surface area contributed by atoms with Crippen molar-refractivity contribution < 1.29 is 4.74 Å². The number of hydrogen-bond donors (Lipinski definition) is 1. The first-order chi connectivity index (χ1) is 7.82. The lowest BCUT2D eigenvalue weighted by Crippen LogP contribution is -2.18. The number of likely N-dealkylation sites (N-methyl/N-ethyl adjacent to an activating group) is 1. The normalized spacial score (nSPS) is 17.4. The monoisotopic (exact) mass is 219 g/mol. The molecule has 2 rings (SSSR count). The maximum Gasteiger partial charge on any atom is 0.0559 e. The average molecular weight is 219 g/mol. The third-order valence-electron chi connectivity index (χ3n) is 3.51. The van der Waals surface area contributed by atoms with E-state index >= 15 is 0 Å². The smallest absolute Gasteiger partial charge is 0.0559 e. The van der Waals surface area contributed by atoms with Gasteiger partial charge in [-0.15, -0.1) is 0 Å². The molecule has 1 N–H and O–H groups in total. The minimum absolute atomic E-state index is 0.332. The zero-order valence-corrected chi connectivity index (χ0v) is 10.3. The Balaban J connectivity index is 2.19. The summed E-state index contributed by atoms with van der Waals surface area (Å²) in [6.45, 7) is 1.91. The zero-order valence-electron chi connectivity index (χ0n) is 10.3. The zero-order chi connectivity index (χ0) is 11.4. The van der Waals surface area contributed by atoms with Crippen LogP contribution in [-0.2, 0) is 16.6 Å². The standard InChI is InChI=1S/C14H21NO/c1-15-10-7-12-5-3-4-6-13(12)14(8-9-14)11-16-2/h3-6,15H,7-11H2,1-2H3. The summed E-state index contributed by atoms with van der Waals surface area (Å²) < 4.78 is 5.37. The number of ether oxygens (including phenoxy) is 1. The van der Waals surface area contributed by atoms with Crippen molar-refractivity contribution in [2.75, 3.05) is 27.3 Å². The molecule has 1 aromatic carbocycles. The molecular weight excluding hydrogens is 198 g/mol. The Morgan fingerprint density at radius 2 is 2.06 bits per heavy atom. The first-order valence-electron chi connectivity index (χ1n) is 6.04. The van der Waals surface area contributed by atoms with E-state index in [4.69, 9.17) is 4.74 Å². The molecule has 1 aliphatic rings. The van der Waals surface area contributed by atoms with Crippen molar-refractivity contribution in [1.82, 2.24) is 5.32 Å². The second-order valence-electron chi connectivity index (χ2n) is 4.72. The van der Waals surface area contributed by atoms with Gasteiger partial charge in [0.1, 0.15) is 0 Å². The van der Waals surface area contributed by atoms with Crippen molar-refractivity contribution in [3.8, 4) is 0 Å². The van der Waals surface area contributed by atoms with E-state index < -0.39 is 0 Å². The SMILES string of the molecule is CNCCc1ccccc1C1(COC)CC1. The topological polar surface area (TPSA) is 21.3 Å². The number of rotatable bonds is 6. The van der Waals surface area contributed by atoms with Gasteiger partial charge in [0.15, 0.2) is 0 Å². The highest BCUT2D eigenvalue weighted by atomic mass is 16.5. The van der Waals surface area contributed by atoms with E-state index in [1.165, 1.54) is 24.0 Å². The van der Waals surface area contributed by atoms with Crippen molar-refractivity contribution in [2.45, 2.75) is 24.7 Å². The van der Waals surface area contributed by atoms with Crippen molar-refractivity contribution in [3.05, 3.63) is 35.4 Å². The number of hydrogen-bond acceptors (Lipinski definition) is 2. The molecule has 0 heterocycles. The van der Waals surface area contributed by atoms with Crippen LogP contribution in [0, 0.1) is 0 Å². The minimum atomic E-state index is 0.332. The highest BCUT2D eigenvalue weighted by Gasteiger charge is 2.45. The molecule has 0 atom stereocenters. The Morgan fingerprint density at radius 1 is 1.31 bits per heavy atom. The molecule has 1 aromatic rings. The molecule has 16 heavy (non-hydrogen) atoms. The Morgan fingerprint density at radius 3 is 2.69 bits per heavy atom. The van der Waals surface area contributed by atoms with Crippen LogP contribution in [0.4, 0.5) is 0 Å². The van der Waals surface area contributed by atoms with Gasteiger partial charge in [-0.1, -0.05) is 24.3 Å². The molecule has 1 fully saturated rings. The van der Waals surface area contributed by atoms with Gasteiger partial charge in [0.25, 0.3) is 0 Å². The predicted octanol–water partition coefficient (Wildman–Crippen LogP) is 2.13. The molecule has 0 aliphatic heterocycles. The summed E-state index contributed by atoms with van der Waals surface area (Å²) in [5.41, 5.74) is 3.32. The lowest BCUT2D eigenvalue weighted by Gasteiger charge is -2.18. The third kappa shape index (κ3) is 2.28. The van der Waals surface area contributed by atoms with Crippen LogP contribution in [0.15, 0.2) is 24.3 Å². The Labute approximate surface area is 98.0 Å². The minimum Gasteiger partial charge on any atom is -0.384 e. The fraction of sp³-hybridized carbons (Fsp3) is 0.571. The summed E-state index contributed by atoms with van der Waals surface area (Å²) in [6, 6.07) is 8.81. The molecule has 0 spiro atoms. The Bertz CT molecular complexity index is 344. The fourth-order valence-electron chi connectivity index (χ4n) is 2.43. The second kappa shape index (κ2) is 4.98. The van der Waals surface area contributed by atoms with Crippen molar-refractivity contribution >= 4 is 0 Å². The van der Waals surface area contributed by atoms with E-state index in [-0.39, 0.29) is 0 Å². The first-order valence-corrected chi connectivity index (χ1v) is 6.04. The van der Waals surface area contributed by atoms with Crippen LogP contribution in [0.25, 0.3) is 0 Å². The van der Waals surface area contributed by atoms with E-state index in [2.05, 4.69) is 29.6 Å². The van der Waals surface area contributed by atoms with Crippen molar-refractivity contribution in [1.29, 1.82) is 0 Å². The van der Waals surface area contributed by atoms with Crippen LogP contribution in [0.1, 0.15) is 24.0 Å². The molecule has 0 saturated heterocycles. The Hall–Kier alpha value is -0.860. The van der Waals surface area contributed by atoms with Crippen LogP contribution < -0.4 is 5.32 Å². The molecule has 2 nitrogen and oxygen atoms in total. The molecule has 2 heteroatoms. The van der Waals surface area contributed by atoms with E-state index in [0.717, 1.165) is 19.6 Å². The summed E-state index contributed by atoms with van der Waals surface area (Å²) in [6.07, 6.45) is 3.66. The summed E-state index contributed by atoms with van der Waals surface area (Å²) in [7, 11) is 3.81. The van der Waals surface area contributed by atoms with Crippen LogP contribution in [0.5, 0.6) is 0 Å². The molecule has 0 bridgehead atoms. The Kier molecular flexibility index (Phi) is 3.62. The van der Waals surface area contributed by atoms with Gasteiger partial charge in [-0.2, -0.15) is 0 Å². The highest BCUT2D eigenvalue weighted by Crippen LogP contribution is 2.49. The molecule has 88 valence electrons. The van der Waals surface area contributed by atoms with Gasteiger partial charge < -0.3 is 10.1 Å². The molecule has 0 amide bonds. The lowest BCUT2D eigenvalue weighted by atomic mass is 9.90. The van der Waals surface area contributed by atoms with E-state index in [9.17, 15) is 0 Å². The van der Waals surface area contributed by atoms with Gasteiger partial charge in [0, 0.05) is 12.5 Å². The van der Waals surface area contributed by atoms with Gasteiger partial charge in [-0.25, -0.2) is 0 Å². The first kappa shape index (κ1) is 11.6. The average Bonchev–Trinajstić information content (AvgIpc) is 3.08. The van der Waals surface area contributed by atoms with Crippen molar-refractivity contribution in [3.63, 3.8) is 0 Å². The maximum atomic E-state index is 5.37. The van der Waals surface area contributed by atoms with Gasteiger partial charge in [-0.05, 0) is 44.0 Å². The third-order valence-corrected chi connectivity index (χ3v) is 3.51. The fourth-order valence-corrected chi connectivity index (χ4v) is 2.43. The maximum absolute atomic E-state index is 5.37.